The molecule has 1 aromatic rings. The Kier molecular flexibility index (Phi) is 6.86. The lowest BCUT2D eigenvalue weighted by Crippen LogP contribution is -2.18. The second kappa shape index (κ2) is 9.11. The first-order chi connectivity index (χ1) is 12.1. The molecule has 0 N–H and O–H groups in total. The fraction of sp³-hybridized carbons (Fsp3) is 0.474. The number of carbonyl (C=O) groups excluding carboxylic acids is 2. The van der Waals surface area contributed by atoms with E-state index in [1.165, 1.54) is 18.9 Å². The van der Waals surface area contributed by atoms with E-state index in [4.69, 9.17) is 18.9 Å². The van der Waals surface area contributed by atoms with Crippen molar-refractivity contribution in [2.24, 2.45) is 5.92 Å². The summed E-state index contributed by atoms with van der Waals surface area (Å²) >= 11 is 0. The first-order valence-electron chi connectivity index (χ1n) is 8.45. The molecule has 1 aromatic carbocycles. The molecule has 0 atom stereocenters. The predicted octanol–water partition coefficient (Wildman–Crippen LogP) is 2.99. The van der Waals surface area contributed by atoms with Crippen LogP contribution in [0.1, 0.15) is 32.3 Å². The molecule has 2 rings (SSSR count). The molecule has 0 aromatic heterocycles. The Morgan fingerprint density at radius 1 is 1.08 bits per heavy atom. The van der Waals surface area contributed by atoms with E-state index in [0.717, 1.165) is 0 Å². The van der Waals surface area contributed by atoms with Crippen molar-refractivity contribution in [3.05, 3.63) is 29.3 Å². The molecule has 0 amide bonds. The van der Waals surface area contributed by atoms with Crippen molar-refractivity contribution in [3.8, 4) is 11.5 Å². The Morgan fingerprint density at radius 3 is 2.24 bits per heavy atom. The molecule has 0 unspecified atom stereocenters. The van der Waals surface area contributed by atoms with Crippen LogP contribution in [0.5, 0.6) is 11.5 Å². The van der Waals surface area contributed by atoms with Crippen LogP contribution in [0.25, 0.3) is 6.08 Å². The van der Waals surface area contributed by atoms with Gasteiger partial charge in [0.15, 0.2) is 11.5 Å². The minimum Gasteiger partial charge on any atom is -0.493 e. The fourth-order valence-corrected chi connectivity index (χ4v) is 2.17. The largest absolute Gasteiger partial charge is 0.493 e. The van der Waals surface area contributed by atoms with Gasteiger partial charge in [-0.3, -0.25) is 0 Å². The Hall–Kier alpha value is -2.50. The number of benzene rings is 1. The van der Waals surface area contributed by atoms with Gasteiger partial charge in [0.1, 0.15) is 5.57 Å². The van der Waals surface area contributed by atoms with Gasteiger partial charge < -0.3 is 18.9 Å². The van der Waals surface area contributed by atoms with Gasteiger partial charge in [-0.1, -0.05) is 6.07 Å². The van der Waals surface area contributed by atoms with Crippen LogP contribution < -0.4 is 9.47 Å². The maximum Gasteiger partial charge on any atom is 0.345 e. The zero-order valence-electron chi connectivity index (χ0n) is 14.9. The van der Waals surface area contributed by atoms with Crippen LogP contribution in [0.3, 0.4) is 0 Å². The van der Waals surface area contributed by atoms with Crippen LogP contribution in [-0.4, -0.2) is 38.9 Å². The number of carbonyl (C=O) groups is 2. The van der Waals surface area contributed by atoms with Gasteiger partial charge in [-0.05, 0) is 56.4 Å². The highest BCUT2D eigenvalue weighted by Crippen LogP contribution is 2.33. The van der Waals surface area contributed by atoms with Crippen molar-refractivity contribution >= 4 is 18.0 Å². The van der Waals surface area contributed by atoms with E-state index in [9.17, 15) is 9.59 Å². The maximum atomic E-state index is 12.0. The third kappa shape index (κ3) is 5.52. The summed E-state index contributed by atoms with van der Waals surface area (Å²) in [6.45, 7) is 4.34. The van der Waals surface area contributed by atoms with E-state index in [-0.39, 0.29) is 18.8 Å². The average molecular weight is 348 g/mol. The molecular formula is C19H24O6. The Balaban J connectivity index is 2.27. The second-order valence-corrected chi connectivity index (χ2v) is 5.66. The van der Waals surface area contributed by atoms with Gasteiger partial charge in [-0.25, -0.2) is 9.59 Å². The van der Waals surface area contributed by atoms with E-state index < -0.39 is 11.9 Å². The molecule has 1 saturated carbocycles. The maximum absolute atomic E-state index is 12.0. The Labute approximate surface area is 147 Å². The number of ether oxygens (including phenoxy) is 4. The van der Waals surface area contributed by atoms with Gasteiger partial charge in [0.25, 0.3) is 0 Å². The van der Waals surface area contributed by atoms with Gasteiger partial charge in [-0.15, -0.1) is 0 Å². The lowest BCUT2D eigenvalue weighted by Gasteiger charge is -2.12. The standard InChI is InChI=1S/C19H24O6/c1-4-23-18(20)15(19(21)24-5-2)10-14-8-9-16(22-3)17(11-14)25-12-13-6-7-13/h8-11,13H,4-7,12H2,1-3H3. The number of hydrogen-bond donors (Lipinski definition) is 0. The molecule has 0 saturated heterocycles. The van der Waals surface area contributed by atoms with Crippen LogP contribution >= 0.6 is 0 Å². The molecule has 0 aliphatic heterocycles. The SMILES string of the molecule is CCOC(=O)C(=Cc1ccc(OC)c(OCC2CC2)c1)C(=O)OCC. The van der Waals surface area contributed by atoms with Crippen LogP contribution in [0.4, 0.5) is 0 Å². The van der Waals surface area contributed by atoms with E-state index >= 15 is 0 Å². The first kappa shape index (κ1) is 18.8. The molecule has 6 nitrogen and oxygen atoms in total. The molecule has 6 heteroatoms. The summed E-state index contributed by atoms with van der Waals surface area (Å²) in [6, 6.07) is 5.21. The van der Waals surface area contributed by atoms with Crippen molar-refractivity contribution in [2.45, 2.75) is 26.7 Å². The van der Waals surface area contributed by atoms with Crippen molar-refractivity contribution in [1.82, 2.24) is 0 Å². The summed E-state index contributed by atoms with van der Waals surface area (Å²) in [5.41, 5.74) is 0.477. The van der Waals surface area contributed by atoms with Gasteiger partial charge in [0, 0.05) is 0 Å². The smallest absolute Gasteiger partial charge is 0.345 e. The normalized spacial score (nSPS) is 12.9. The van der Waals surface area contributed by atoms with Crippen molar-refractivity contribution in [2.75, 3.05) is 26.9 Å². The number of methoxy groups -OCH3 is 1. The summed E-state index contributed by atoms with van der Waals surface area (Å²) in [5, 5.41) is 0. The molecule has 25 heavy (non-hydrogen) atoms. The highest BCUT2D eigenvalue weighted by atomic mass is 16.6. The lowest BCUT2D eigenvalue weighted by atomic mass is 10.1. The zero-order valence-corrected chi connectivity index (χ0v) is 14.9. The molecule has 0 heterocycles. The summed E-state index contributed by atoms with van der Waals surface area (Å²) in [6.07, 6.45) is 3.80. The number of esters is 2. The number of hydrogen-bond acceptors (Lipinski definition) is 6. The summed E-state index contributed by atoms with van der Waals surface area (Å²) in [5.74, 6) is 0.356. The van der Waals surface area contributed by atoms with E-state index in [2.05, 4.69) is 0 Å². The van der Waals surface area contributed by atoms with Gasteiger partial charge in [0.2, 0.25) is 0 Å². The first-order valence-corrected chi connectivity index (χ1v) is 8.45. The molecule has 1 aliphatic carbocycles. The van der Waals surface area contributed by atoms with E-state index in [1.54, 1.807) is 39.2 Å². The molecule has 0 radical (unpaired) electrons. The monoisotopic (exact) mass is 348 g/mol. The Bertz CT molecular complexity index is 625. The predicted molar refractivity (Wildman–Crippen MR) is 92.5 cm³/mol. The summed E-state index contributed by atoms with van der Waals surface area (Å²) in [4.78, 5) is 24.1. The van der Waals surface area contributed by atoms with Crippen LogP contribution in [0.15, 0.2) is 23.8 Å². The third-order valence-corrected chi connectivity index (χ3v) is 3.66. The van der Waals surface area contributed by atoms with Gasteiger partial charge >= 0.3 is 11.9 Å². The van der Waals surface area contributed by atoms with Gasteiger partial charge in [0.05, 0.1) is 26.9 Å². The second-order valence-electron chi connectivity index (χ2n) is 5.66. The highest BCUT2D eigenvalue weighted by molar-refractivity contribution is 6.17. The van der Waals surface area contributed by atoms with Gasteiger partial charge in [-0.2, -0.15) is 0 Å². The summed E-state index contributed by atoms with van der Waals surface area (Å²) in [7, 11) is 1.57. The highest BCUT2D eigenvalue weighted by Gasteiger charge is 2.23. The molecule has 0 spiro atoms. The van der Waals surface area contributed by atoms with E-state index in [0.29, 0.717) is 29.6 Å². The number of rotatable bonds is 9. The van der Waals surface area contributed by atoms with Crippen molar-refractivity contribution in [3.63, 3.8) is 0 Å². The molecule has 1 fully saturated rings. The topological polar surface area (TPSA) is 71.1 Å². The lowest BCUT2D eigenvalue weighted by molar-refractivity contribution is -0.146. The minimum atomic E-state index is -0.711. The van der Waals surface area contributed by atoms with Crippen molar-refractivity contribution < 1.29 is 28.5 Å². The zero-order chi connectivity index (χ0) is 18.2. The van der Waals surface area contributed by atoms with Crippen molar-refractivity contribution in [1.29, 1.82) is 0 Å². The van der Waals surface area contributed by atoms with Crippen LogP contribution in [0.2, 0.25) is 0 Å². The molecule has 0 bridgehead atoms. The van der Waals surface area contributed by atoms with E-state index in [1.807, 2.05) is 0 Å². The average Bonchev–Trinajstić information content (AvgIpc) is 3.42. The van der Waals surface area contributed by atoms with Crippen LogP contribution in [0, 0.1) is 5.92 Å². The quantitative estimate of drug-likeness (QED) is 0.296. The third-order valence-electron chi connectivity index (χ3n) is 3.66. The summed E-state index contributed by atoms with van der Waals surface area (Å²) < 4.78 is 21.0. The fourth-order valence-electron chi connectivity index (χ4n) is 2.17. The molecule has 1 aliphatic rings. The minimum absolute atomic E-state index is 0.151. The van der Waals surface area contributed by atoms with Crippen LogP contribution in [-0.2, 0) is 19.1 Å². The Morgan fingerprint density at radius 2 is 1.72 bits per heavy atom. The molecule has 136 valence electrons. The molecular weight excluding hydrogens is 324 g/mol.